The maximum atomic E-state index is 11.4. The standard InChI is InChI=1S/C12H7NO3/c14-6-2-1-3-8-4-5-10-9(7-8)11(15)12(16)13-10/h4-7H,2H2,(H,13,15,16). The second-order valence-electron chi connectivity index (χ2n) is 3.22. The molecule has 1 amide bonds. The van der Waals surface area contributed by atoms with E-state index in [2.05, 4.69) is 17.2 Å². The fourth-order valence-electron chi connectivity index (χ4n) is 1.42. The lowest BCUT2D eigenvalue weighted by atomic mass is 10.1. The Balaban J connectivity index is 2.35. The minimum Gasteiger partial charge on any atom is -0.318 e. The fourth-order valence-corrected chi connectivity index (χ4v) is 1.42. The van der Waals surface area contributed by atoms with E-state index in [9.17, 15) is 14.4 Å². The van der Waals surface area contributed by atoms with Crippen LogP contribution in [-0.2, 0) is 9.59 Å². The number of hydrogen-bond acceptors (Lipinski definition) is 3. The Kier molecular flexibility index (Phi) is 2.52. The molecule has 1 heterocycles. The Labute approximate surface area is 91.6 Å². The molecule has 78 valence electrons. The van der Waals surface area contributed by atoms with Crippen LogP contribution in [0.2, 0.25) is 0 Å². The molecule has 1 aromatic rings. The van der Waals surface area contributed by atoms with Crippen molar-refractivity contribution in [2.45, 2.75) is 6.42 Å². The number of amides is 1. The van der Waals surface area contributed by atoms with Crippen LogP contribution in [0.25, 0.3) is 0 Å². The van der Waals surface area contributed by atoms with Crippen LogP contribution in [0.1, 0.15) is 22.3 Å². The van der Waals surface area contributed by atoms with Crippen molar-refractivity contribution in [2.24, 2.45) is 0 Å². The number of Topliss-reactive ketones (excluding diaryl/α,β-unsaturated/α-hetero) is 1. The van der Waals surface area contributed by atoms with E-state index in [1.54, 1.807) is 18.2 Å². The van der Waals surface area contributed by atoms with E-state index >= 15 is 0 Å². The maximum Gasteiger partial charge on any atom is 0.296 e. The molecule has 0 fully saturated rings. The third-order valence-electron chi connectivity index (χ3n) is 2.14. The van der Waals surface area contributed by atoms with Gasteiger partial charge in [0.2, 0.25) is 0 Å². The van der Waals surface area contributed by atoms with Crippen molar-refractivity contribution in [3.8, 4) is 11.8 Å². The first-order valence-electron chi connectivity index (χ1n) is 4.64. The number of ketones is 1. The van der Waals surface area contributed by atoms with Gasteiger partial charge < -0.3 is 10.1 Å². The summed E-state index contributed by atoms with van der Waals surface area (Å²) in [7, 11) is 0. The van der Waals surface area contributed by atoms with E-state index in [4.69, 9.17) is 0 Å². The van der Waals surface area contributed by atoms with Crippen molar-refractivity contribution in [2.75, 3.05) is 5.32 Å². The van der Waals surface area contributed by atoms with Crippen molar-refractivity contribution in [3.05, 3.63) is 29.3 Å². The summed E-state index contributed by atoms with van der Waals surface area (Å²) in [6.07, 6.45) is 0.860. The predicted octanol–water partition coefficient (Wildman–Crippen LogP) is 0.762. The molecule has 0 spiro atoms. The van der Waals surface area contributed by atoms with Crippen molar-refractivity contribution in [1.82, 2.24) is 0 Å². The van der Waals surface area contributed by atoms with Gasteiger partial charge in [0.1, 0.15) is 6.29 Å². The zero-order valence-corrected chi connectivity index (χ0v) is 8.24. The molecule has 2 rings (SSSR count). The number of hydrogen-bond donors (Lipinski definition) is 1. The lowest BCUT2D eigenvalue weighted by Crippen LogP contribution is -2.12. The molecule has 1 aliphatic rings. The summed E-state index contributed by atoms with van der Waals surface area (Å²) in [5.41, 5.74) is 1.46. The van der Waals surface area contributed by atoms with Crippen molar-refractivity contribution >= 4 is 23.7 Å². The first-order chi connectivity index (χ1) is 7.72. The van der Waals surface area contributed by atoms with E-state index < -0.39 is 11.7 Å². The third kappa shape index (κ3) is 1.71. The Hall–Kier alpha value is -2.41. The normalized spacial score (nSPS) is 12.5. The number of fused-ring (bicyclic) bond motifs is 1. The van der Waals surface area contributed by atoms with E-state index in [1.165, 1.54) is 0 Å². The summed E-state index contributed by atoms with van der Waals surface area (Å²) in [5, 5.41) is 2.45. The molecule has 0 atom stereocenters. The summed E-state index contributed by atoms with van der Waals surface area (Å²) >= 11 is 0. The Bertz CT molecular complexity index is 549. The van der Waals surface area contributed by atoms with Gasteiger partial charge in [0.05, 0.1) is 17.7 Å². The zero-order valence-electron chi connectivity index (χ0n) is 8.24. The highest BCUT2D eigenvalue weighted by molar-refractivity contribution is 6.51. The first-order valence-corrected chi connectivity index (χ1v) is 4.64. The number of anilines is 1. The molecule has 1 aliphatic heterocycles. The molecule has 0 bridgehead atoms. The van der Waals surface area contributed by atoms with Crippen molar-refractivity contribution in [1.29, 1.82) is 0 Å². The molecule has 1 N–H and O–H groups in total. The predicted molar refractivity (Wildman–Crippen MR) is 57.0 cm³/mol. The highest BCUT2D eigenvalue weighted by Gasteiger charge is 2.27. The number of benzene rings is 1. The van der Waals surface area contributed by atoms with Gasteiger partial charge in [-0.25, -0.2) is 0 Å². The van der Waals surface area contributed by atoms with Crippen LogP contribution in [-0.4, -0.2) is 18.0 Å². The summed E-state index contributed by atoms with van der Waals surface area (Å²) < 4.78 is 0. The lowest BCUT2D eigenvalue weighted by Gasteiger charge is -1.96. The van der Waals surface area contributed by atoms with Gasteiger partial charge in [-0.1, -0.05) is 11.8 Å². The molecule has 1 aromatic carbocycles. The molecule has 4 nitrogen and oxygen atoms in total. The van der Waals surface area contributed by atoms with E-state index in [0.29, 0.717) is 23.1 Å². The van der Waals surface area contributed by atoms with E-state index in [0.717, 1.165) is 0 Å². The summed E-state index contributed by atoms with van der Waals surface area (Å²) in [4.78, 5) is 32.5. The van der Waals surface area contributed by atoms with Crippen LogP contribution in [0.3, 0.4) is 0 Å². The number of aldehydes is 1. The second kappa shape index (κ2) is 3.99. The average Bonchev–Trinajstić information content (AvgIpc) is 2.56. The van der Waals surface area contributed by atoms with Crippen LogP contribution >= 0.6 is 0 Å². The van der Waals surface area contributed by atoms with Gasteiger partial charge in [0.25, 0.3) is 11.7 Å². The van der Waals surface area contributed by atoms with Crippen LogP contribution in [0.5, 0.6) is 0 Å². The SMILES string of the molecule is O=CCC#Cc1ccc2c(c1)C(=O)C(=O)N2. The summed E-state index contributed by atoms with van der Waals surface area (Å²) in [6, 6.07) is 4.87. The molecular formula is C12H7NO3. The number of carbonyl (C=O) groups excluding carboxylic acids is 3. The van der Waals surface area contributed by atoms with Crippen molar-refractivity contribution < 1.29 is 14.4 Å². The second-order valence-corrected chi connectivity index (χ2v) is 3.22. The third-order valence-corrected chi connectivity index (χ3v) is 2.14. The van der Waals surface area contributed by atoms with E-state index in [1.807, 2.05) is 0 Å². The van der Waals surface area contributed by atoms with Gasteiger partial charge in [0, 0.05) is 5.56 Å². The van der Waals surface area contributed by atoms with Crippen molar-refractivity contribution in [3.63, 3.8) is 0 Å². The molecule has 0 unspecified atom stereocenters. The van der Waals surface area contributed by atoms with Crippen LogP contribution in [0.15, 0.2) is 18.2 Å². The fraction of sp³-hybridized carbons (Fsp3) is 0.0833. The highest BCUT2D eigenvalue weighted by atomic mass is 16.2. The number of nitrogens with one attached hydrogen (secondary N) is 1. The summed E-state index contributed by atoms with van der Waals surface area (Å²) in [5.74, 6) is 4.21. The van der Waals surface area contributed by atoms with Gasteiger partial charge >= 0.3 is 0 Å². The molecule has 16 heavy (non-hydrogen) atoms. The van der Waals surface area contributed by atoms with Gasteiger partial charge in [-0.3, -0.25) is 9.59 Å². The van der Waals surface area contributed by atoms with Gasteiger partial charge in [-0.2, -0.15) is 0 Å². The monoisotopic (exact) mass is 213 g/mol. The largest absolute Gasteiger partial charge is 0.318 e. The number of rotatable bonds is 1. The van der Waals surface area contributed by atoms with Crippen LogP contribution in [0, 0.1) is 11.8 Å². The molecule has 0 saturated heterocycles. The lowest BCUT2D eigenvalue weighted by molar-refractivity contribution is -0.112. The maximum absolute atomic E-state index is 11.4. The van der Waals surface area contributed by atoms with Gasteiger partial charge in [0.15, 0.2) is 0 Å². The van der Waals surface area contributed by atoms with E-state index in [-0.39, 0.29) is 6.42 Å². The minimum atomic E-state index is -0.618. The number of carbonyl (C=O) groups is 3. The molecule has 0 aromatic heterocycles. The highest BCUT2D eigenvalue weighted by Crippen LogP contribution is 2.23. The minimum absolute atomic E-state index is 0.155. The van der Waals surface area contributed by atoms with Crippen LogP contribution < -0.4 is 5.32 Å². The Morgan fingerprint density at radius 1 is 1.31 bits per heavy atom. The molecule has 0 saturated carbocycles. The molecule has 0 aliphatic carbocycles. The Morgan fingerprint density at radius 2 is 2.12 bits per heavy atom. The molecular weight excluding hydrogens is 206 g/mol. The zero-order chi connectivity index (χ0) is 11.5. The first kappa shape index (κ1) is 10.1. The molecule has 0 radical (unpaired) electrons. The average molecular weight is 213 g/mol. The van der Waals surface area contributed by atoms with Gasteiger partial charge in [-0.05, 0) is 18.2 Å². The Morgan fingerprint density at radius 3 is 2.88 bits per heavy atom. The van der Waals surface area contributed by atoms with Gasteiger partial charge in [-0.15, -0.1) is 0 Å². The quantitative estimate of drug-likeness (QED) is 0.425. The topological polar surface area (TPSA) is 63.2 Å². The smallest absolute Gasteiger partial charge is 0.296 e. The summed E-state index contributed by atoms with van der Waals surface area (Å²) in [6.45, 7) is 0. The molecule has 4 heteroatoms. The van der Waals surface area contributed by atoms with Crippen LogP contribution in [0.4, 0.5) is 5.69 Å².